The smallest absolute Gasteiger partial charge is 0.230 e. The molecule has 1 fully saturated rings. The number of rotatable bonds is 4. The van der Waals surface area contributed by atoms with Gasteiger partial charge < -0.3 is 9.64 Å². The molecule has 5 rings (SSSR count). The maximum atomic E-state index is 12.9. The van der Waals surface area contributed by atoms with Crippen molar-refractivity contribution in [3.63, 3.8) is 0 Å². The van der Waals surface area contributed by atoms with Gasteiger partial charge >= 0.3 is 0 Å². The summed E-state index contributed by atoms with van der Waals surface area (Å²) in [6.07, 6.45) is 6.28. The Morgan fingerprint density at radius 2 is 1.77 bits per heavy atom. The van der Waals surface area contributed by atoms with Crippen molar-refractivity contribution in [3.8, 4) is 5.75 Å². The van der Waals surface area contributed by atoms with Crippen LogP contribution in [-0.2, 0) is 11.3 Å². The second kappa shape index (κ2) is 8.58. The van der Waals surface area contributed by atoms with Crippen LogP contribution in [0.1, 0.15) is 51.7 Å². The zero-order valence-electron chi connectivity index (χ0n) is 18.9. The third-order valence-corrected chi connectivity index (χ3v) is 5.71. The van der Waals surface area contributed by atoms with Crippen molar-refractivity contribution in [1.29, 1.82) is 0 Å². The molecule has 0 aromatic heterocycles. The zero-order valence-corrected chi connectivity index (χ0v) is 18.9. The molecule has 1 heterocycles. The summed E-state index contributed by atoms with van der Waals surface area (Å²) >= 11 is 0. The molecule has 0 saturated heterocycles. The van der Waals surface area contributed by atoms with E-state index in [1.807, 2.05) is 49.1 Å². The molecule has 160 valence electrons. The predicted octanol–water partition coefficient (Wildman–Crippen LogP) is 6.99. The van der Waals surface area contributed by atoms with Gasteiger partial charge in [0.15, 0.2) is 0 Å². The van der Waals surface area contributed by atoms with Gasteiger partial charge in [0.2, 0.25) is 5.91 Å². The topological polar surface area (TPSA) is 29.5 Å². The molecule has 0 bridgehead atoms. The number of amides is 1. The largest absolute Gasteiger partial charge is 0.483 e. The van der Waals surface area contributed by atoms with Crippen molar-refractivity contribution in [2.75, 3.05) is 4.90 Å². The van der Waals surface area contributed by atoms with Crippen molar-refractivity contribution >= 4 is 28.4 Å². The van der Waals surface area contributed by atoms with E-state index < -0.39 is 0 Å². The highest BCUT2D eigenvalue weighted by Crippen LogP contribution is 2.37. The Hall–Kier alpha value is -3.07. The van der Waals surface area contributed by atoms with E-state index in [1.54, 1.807) is 0 Å². The van der Waals surface area contributed by atoms with E-state index >= 15 is 0 Å². The fourth-order valence-electron chi connectivity index (χ4n) is 3.98. The van der Waals surface area contributed by atoms with Gasteiger partial charge in [-0.3, -0.25) is 4.79 Å². The standard InChI is InChI=1S/C26H25NO2.C2H6/c1-26(2)15-14-23-22-12-8-18(16-20(22)11-13-24(23)29-26)17-27(25(28)19-9-10-19)21-6-4-3-5-7-21;1-2/h3-8,11-16,19H,9-10,17H2,1-2H3;1-2H3. The minimum Gasteiger partial charge on any atom is -0.483 e. The zero-order chi connectivity index (χ0) is 22.0. The molecule has 0 unspecified atom stereocenters. The van der Waals surface area contributed by atoms with Gasteiger partial charge in [0.25, 0.3) is 0 Å². The Kier molecular flexibility index (Phi) is 5.86. The van der Waals surface area contributed by atoms with Crippen LogP contribution in [0.4, 0.5) is 5.69 Å². The number of para-hydroxylation sites is 1. The van der Waals surface area contributed by atoms with Crippen molar-refractivity contribution in [2.45, 2.75) is 52.7 Å². The second-order valence-corrected chi connectivity index (χ2v) is 8.61. The molecule has 1 aliphatic carbocycles. The number of fused-ring (bicyclic) bond motifs is 3. The molecule has 1 saturated carbocycles. The second-order valence-electron chi connectivity index (χ2n) is 8.61. The van der Waals surface area contributed by atoms with Crippen molar-refractivity contribution in [1.82, 2.24) is 0 Å². The lowest BCUT2D eigenvalue weighted by Crippen LogP contribution is -2.31. The molecule has 0 spiro atoms. The number of ether oxygens (including phenoxy) is 1. The summed E-state index contributed by atoms with van der Waals surface area (Å²) < 4.78 is 6.11. The average molecular weight is 414 g/mol. The molecule has 1 aliphatic heterocycles. The Morgan fingerprint density at radius 1 is 1.03 bits per heavy atom. The van der Waals surface area contributed by atoms with Crippen LogP contribution in [0.3, 0.4) is 0 Å². The van der Waals surface area contributed by atoms with E-state index in [2.05, 4.69) is 56.3 Å². The summed E-state index contributed by atoms with van der Waals surface area (Å²) in [6.45, 7) is 8.72. The lowest BCUT2D eigenvalue weighted by atomic mass is 9.96. The molecule has 2 aliphatic rings. The monoisotopic (exact) mass is 413 g/mol. The maximum absolute atomic E-state index is 12.9. The number of anilines is 1. The summed E-state index contributed by atoms with van der Waals surface area (Å²) in [7, 11) is 0. The molecular weight excluding hydrogens is 382 g/mol. The maximum Gasteiger partial charge on any atom is 0.230 e. The van der Waals surface area contributed by atoms with Gasteiger partial charge in [-0.15, -0.1) is 0 Å². The van der Waals surface area contributed by atoms with E-state index in [1.165, 1.54) is 10.8 Å². The van der Waals surface area contributed by atoms with Crippen molar-refractivity contribution in [3.05, 3.63) is 77.9 Å². The fraction of sp³-hybridized carbons (Fsp3) is 0.321. The minimum absolute atomic E-state index is 0.188. The molecule has 3 nitrogen and oxygen atoms in total. The molecule has 3 heteroatoms. The third-order valence-electron chi connectivity index (χ3n) is 5.71. The van der Waals surface area contributed by atoms with Gasteiger partial charge in [-0.2, -0.15) is 0 Å². The van der Waals surface area contributed by atoms with Gasteiger partial charge in [0.05, 0.1) is 6.54 Å². The van der Waals surface area contributed by atoms with E-state index in [9.17, 15) is 4.79 Å². The highest BCUT2D eigenvalue weighted by atomic mass is 16.5. The molecule has 0 atom stereocenters. The first-order chi connectivity index (χ1) is 15.0. The Labute approximate surface area is 185 Å². The summed E-state index contributed by atoms with van der Waals surface area (Å²) in [5.74, 6) is 1.35. The third kappa shape index (κ3) is 4.51. The average Bonchev–Trinajstić information content (AvgIpc) is 3.63. The van der Waals surface area contributed by atoms with E-state index in [-0.39, 0.29) is 17.4 Å². The van der Waals surface area contributed by atoms with Gasteiger partial charge in [-0.25, -0.2) is 0 Å². The molecule has 3 aromatic carbocycles. The summed E-state index contributed by atoms with van der Waals surface area (Å²) in [6, 6.07) is 20.6. The van der Waals surface area contributed by atoms with Crippen molar-refractivity contribution < 1.29 is 9.53 Å². The lowest BCUT2D eigenvalue weighted by molar-refractivity contribution is -0.119. The Bertz CT molecular complexity index is 1110. The molecule has 1 amide bonds. The summed E-state index contributed by atoms with van der Waals surface area (Å²) in [4.78, 5) is 14.9. The van der Waals surface area contributed by atoms with E-state index in [0.717, 1.165) is 35.4 Å². The fourth-order valence-corrected chi connectivity index (χ4v) is 3.98. The van der Waals surface area contributed by atoms with E-state index in [4.69, 9.17) is 4.74 Å². The van der Waals surface area contributed by atoms with Crippen LogP contribution < -0.4 is 9.64 Å². The molecule has 0 radical (unpaired) electrons. The van der Waals surface area contributed by atoms with Crippen LogP contribution in [-0.4, -0.2) is 11.5 Å². The molecule has 3 aromatic rings. The first kappa shape index (κ1) is 21.2. The van der Waals surface area contributed by atoms with Crippen LogP contribution in [0, 0.1) is 5.92 Å². The first-order valence-electron chi connectivity index (χ1n) is 11.3. The van der Waals surface area contributed by atoms with Crippen LogP contribution in [0.2, 0.25) is 0 Å². The Balaban J connectivity index is 0.00000112. The minimum atomic E-state index is -0.278. The van der Waals surface area contributed by atoms with Crippen LogP contribution in [0.25, 0.3) is 16.8 Å². The first-order valence-corrected chi connectivity index (χ1v) is 11.3. The lowest BCUT2D eigenvalue weighted by Gasteiger charge is -2.28. The van der Waals surface area contributed by atoms with Gasteiger partial charge in [0, 0.05) is 17.2 Å². The van der Waals surface area contributed by atoms with Gasteiger partial charge in [0.1, 0.15) is 11.4 Å². The quantitative estimate of drug-likeness (QED) is 0.461. The normalized spacial score (nSPS) is 16.0. The summed E-state index contributed by atoms with van der Waals surface area (Å²) in [5.41, 5.74) is 2.95. The number of benzene rings is 3. The Morgan fingerprint density at radius 3 is 2.48 bits per heavy atom. The number of hydrogen-bond acceptors (Lipinski definition) is 2. The van der Waals surface area contributed by atoms with Crippen LogP contribution in [0.15, 0.2) is 66.7 Å². The van der Waals surface area contributed by atoms with Crippen molar-refractivity contribution in [2.24, 2.45) is 5.92 Å². The predicted molar refractivity (Wildman–Crippen MR) is 129 cm³/mol. The number of hydrogen-bond donors (Lipinski definition) is 0. The van der Waals surface area contributed by atoms with Crippen LogP contribution >= 0.6 is 0 Å². The number of carbonyl (C=O) groups is 1. The molecule has 0 N–H and O–H groups in total. The van der Waals surface area contributed by atoms with Crippen LogP contribution in [0.5, 0.6) is 5.75 Å². The van der Waals surface area contributed by atoms with Gasteiger partial charge in [-0.1, -0.05) is 56.3 Å². The SMILES string of the molecule is CC.CC1(C)C=Cc2c(ccc3cc(CN(C(=O)C4CC4)c4ccccc4)ccc23)O1. The highest BCUT2D eigenvalue weighted by molar-refractivity contribution is 5.97. The molecule has 31 heavy (non-hydrogen) atoms. The highest BCUT2D eigenvalue weighted by Gasteiger charge is 2.34. The summed E-state index contributed by atoms with van der Waals surface area (Å²) in [5, 5.41) is 2.35. The van der Waals surface area contributed by atoms with E-state index in [0.29, 0.717) is 6.54 Å². The number of carbonyl (C=O) groups excluding carboxylic acids is 1. The van der Waals surface area contributed by atoms with Gasteiger partial charge in [-0.05, 0) is 73.4 Å². The molecular formula is C28H31NO2. The number of nitrogens with zero attached hydrogens (tertiary/aromatic N) is 1.